The van der Waals surface area contributed by atoms with E-state index in [0.29, 0.717) is 6.42 Å². The molecule has 1 aliphatic rings. The van der Waals surface area contributed by atoms with Crippen molar-refractivity contribution < 1.29 is 9.90 Å². The Morgan fingerprint density at radius 2 is 2.05 bits per heavy atom. The number of fused-ring (bicyclic) bond motifs is 1. The second-order valence-corrected chi connectivity index (χ2v) is 4.99. The standard InChI is InChI=1S/C14H21N3O2/c18-13(19)8-4-5-9-15-14-11-6-2-1-3-7-12(11)16-10-17-14/h10H,1-9H2,(H,18,19)(H,15,16,17). The van der Waals surface area contributed by atoms with E-state index in [1.807, 2.05) is 0 Å². The van der Waals surface area contributed by atoms with Crippen LogP contribution in [0.3, 0.4) is 0 Å². The number of carbonyl (C=O) groups is 1. The molecule has 1 aromatic heterocycles. The number of nitrogens with one attached hydrogen (secondary N) is 1. The molecular formula is C14H21N3O2. The SMILES string of the molecule is O=C(O)CCCCNc1ncnc2c1CCCCC2. The number of aliphatic carboxylic acids is 1. The first-order valence-corrected chi connectivity index (χ1v) is 7.06. The molecule has 2 rings (SSSR count). The lowest BCUT2D eigenvalue weighted by Crippen LogP contribution is -2.09. The number of carboxylic acids is 1. The van der Waals surface area contributed by atoms with Crippen LogP contribution in [-0.2, 0) is 17.6 Å². The topological polar surface area (TPSA) is 75.1 Å². The normalized spacial score (nSPS) is 14.5. The Balaban J connectivity index is 1.88. The maximum atomic E-state index is 10.4. The van der Waals surface area contributed by atoms with Crippen LogP contribution in [0.2, 0.25) is 0 Å². The highest BCUT2D eigenvalue weighted by Crippen LogP contribution is 2.23. The summed E-state index contributed by atoms with van der Waals surface area (Å²) in [4.78, 5) is 19.1. The van der Waals surface area contributed by atoms with Crippen LogP contribution in [0.25, 0.3) is 0 Å². The van der Waals surface area contributed by atoms with Gasteiger partial charge in [0.05, 0.1) is 0 Å². The molecule has 5 nitrogen and oxygen atoms in total. The minimum absolute atomic E-state index is 0.240. The van der Waals surface area contributed by atoms with Gasteiger partial charge < -0.3 is 10.4 Å². The van der Waals surface area contributed by atoms with Gasteiger partial charge in [0.1, 0.15) is 12.1 Å². The van der Waals surface area contributed by atoms with Crippen molar-refractivity contribution in [2.24, 2.45) is 0 Å². The molecule has 1 aliphatic carbocycles. The summed E-state index contributed by atoms with van der Waals surface area (Å²) in [5.41, 5.74) is 2.44. The van der Waals surface area contributed by atoms with E-state index in [4.69, 9.17) is 5.11 Å². The van der Waals surface area contributed by atoms with Crippen molar-refractivity contribution in [3.05, 3.63) is 17.6 Å². The zero-order valence-electron chi connectivity index (χ0n) is 11.2. The van der Waals surface area contributed by atoms with Crippen LogP contribution < -0.4 is 5.32 Å². The minimum atomic E-state index is -0.726. The predicted octanol–water partition coefficient (Wildman–Crippen LogP) is 2.41. The lowest BCUT2D eigenvalue weighted by Gasteiger charge is -2.12. The van der Waals surface area contributed by atoms with Gasteiger partial charge in [-0.25, -0.2) is 9.97 Å². The Morgan fingerprint density at radius 3 is 2.89 bits per heavy atom. The number of aromatic nitrogens is 2. The Labute approximate surface area is 113 Å². The molecule has 19 heavy (non-hydrogen) atoms. The molecule has 0 saturated carbocycles. The summed E-state index contributed by atoms with van der Waals surface area (Å²) in [6.07, 6.45) is 9.19. The van der Waals surface area contributed by atoms with Crippen LogP contribution in [0.1, 0.15) is 49.8 Å². The Kier molecular flexibility index (Phi) is 5.12. The van der Waals surface area contributed by atoms with Gasteiger partial charge in [0, 0.05) is 24.2 Å². The third-order valence-corrected chi connectivity index (χ3v) is 3.48. The number of aryl methyl sites for hydroxylation is 1. The molecule has 0 aliphatic heterocycles. The summed E-state index contributed by atoms with van der Waals surface area (Å²) < 4.78 is 0. The number of hydrogen-bond acceptors (Lipinski definition) is 4. The molecule has 0 radical (unpaired) electrons. The zero-order valence-corrected chi connectivity index (χ0v) is 11.2. The van der Waals surface area contributed by atoms with Crippen molar-refractivity contribution in [1.82, 2.24) is 9.97 Å². The fourth-order valence-electron chi connectivity index (χ4n) is 2.46. The smallest absolute Gasteiger partial charge is 0.303 e. The quantitative estimate of drug-likeness (QED) is 0.609. The summed E-state index contributed by atoms with van der Waals surface area (Å²) in [7, 11) is 0. The van der Waals surface area contributed by atoms with Gasteiger partial charge in [0.2, 0.25) is 0 Å². The van der Waals surface area contributed by atoms with E-state index in [1.54, 1.807) is 6.33 Å². The third kappa shape index (κ3) is 4.19. The summed E-state index contributed by atoms with van der Waals surface area (Å²) in [6.45, 7) is 0.775. The largest absolute Gasteiger partial charge is 0.481 e. The van der Waals surface area contributed by atoms with Crippen LogP contribution in [-0.4, -0.2) is 27.6 Å². The predicted molar refractivity (Wildman–Crippen MR) is 73.3 cm³/mol. The Bertz CT molecular complexity index is 435. The molecule has 104 valence electrons. The van der Waals surface area contributed by atoms with Crippen molar-refractivity contribution in [1.29, 1.82) is 0 Å². The summed E-state index contributed by atoms with van der Waals surface area (Å²) >= 11 is 0. The monoisotopic (exact) mass is 263 g/mol. The molecule has 2 N–H and O–H groups in total. The first-order chi connectivity index (χ1) is 9.27. The highest BCUT2D eigenvalue weighted by Gasteiger charge is 2.13. The molecule has 0 amide bonds. The van der Waals surface area contributed by atoms with Crippen molar-refractivity contribution in [2.45, 2.75) is 51.4 Å². The third-order valence-electron chi connectivity index (χ3n) is 3.48. The summed E-state index contributed by atoms with van der Waals surface area (Å²) in [6, 6.07) is 0. The first kappa shape index (κ1) is 13.8. The molecular weight excluding hydrogens is 242 g/mol. The number of nitrogens with zero attached hydrogens (tertiary/aromatic N) is 2. The minimum Gasteiger partial charge on any atom is -0.481 e. The molecule has 5 heteroatoms. The average Bonchev–Trinajstić information content (AvgIpc) is 2.63. The van der Waals surface area contributed by atoms with E-state index < -0.39 is 5.97 Å². The van der Waals surface area contributed by atoms with Gasteiger partial charge in [-0.2, -0.15) is 0 Å². The van der Waals surface area contributed by atoms with Crippen molar-refractivity contribution in [3.63, 3.8) is 0 Å². The molecule has 0 bridgehead atoms. The highest BCUT2D eigenvalue weighted by atomic mass is 16.4. The van der Waals surface area contributed by atoms with Crippen LogP contribution in [0.15, 0.2) is 6.33 Å². The zero-order chi connectivity index (χ0) is 13.5. The fraction of sp³-hybridized carbons (Fsp3) is 0.643. The van der Waals surface area contributed by atoms with Gasteiger partial charge in [-0.05, 0) is 38.5 Å². The molecule has 0 fully saturated rings. The van der Waals surface area contributed by atoms with Crippen LogP contribution >= 0.6 is 0 Å². The van der Waals surface area contributed by atoms with Gasteiger partial charge in [-0.15, -0.1) is 0 Å². The Morgan fingerprint density at radius 1 is 1.21 bits per heavy atom. The van der Waals surface area contributed by atoms with E-state index in [-0.39, 0.29) is 6.42 Å². The van der Waals surface area contributed by atoms with Crippen LogP contribution in [0, 0.1) is 0 Å². The highest BCUT2D eigenvalue weighted by molar-refractivity contribution is 5.66. The molecule has 0 saturated heterocycles. The summed E-state index contributed by atoms with van der Waals surface area (Å²) in [5, 5.41) is 11.9. The average molecular weight is 263 g/mol. The van der Waals surface area contributed by atoms with Gasteiger partial charge in [-0.3, -0.25) is 4.79 Å². The van der Waals surface area contributed by atoms with Crippen molar-refractivity contribution in [3.8, 4) is 0 Å². The van der Waals surface area contributed by atoms with E-state index >= 15 is 0 Å². The van der Waals surface area contributed by atoms with Crippen molar-refractivity contribution in [2.75, 3.05) is 11.9 Å². The fourth-order valence-corrected chi connectivity index (χ4v) is 2.46. The first-order valence-electron chi connectivity index (χ1n) is 7.06. The maximum absolute atomic E-state index is 10.4. The molecule has 0 aromatic carbocycles. The molecule has 1 heterocycles. The lowest BCUT2D eigenvalue weighted by atomic mass is 10.1. The Hall–Kier alpha value is -1.65. The maximum Gasteiger partial charge on any atom is 0.303 e. The van der Waals surface area contributed by atoms with Gasteiger partial charge in [0.15, 0.2) is 0 Å². The number of hydrogen-bond donors (Lipinski definition) is 2. The van der Waals surface area contributed by atoms with E-state index in [1.165, 1.54) is 30.5 Å². The van der Waals surface area contributed by atoms with E-state index in [2.05, 4.69) is 15.3 Å². The molecule has 0 spiro atoms. The van der Waals surface area contributed by atoms with E-state index in [9.17, 15) is 4.79 Å². The second-order valence-electron chi connectivity index (χ2n) is 4.99. The molecule has 0 atom stereocenters. The van der Waals surface area contributed by atoms with Crippen LogP contribution in [0.5, 0.6) is 0 Å². The lowest BCUT2D eigenvalue weighted by molar-refractivity contribution is -0.137. The van der Waals surface area contributed by atoms with Crippen molar-refractivity contribution >= 4 is 11.8 Å². The van der Waals surface area contributed by atoms with E-state index in [0.717, 1.165) is 31.6 Å². The molecule has 1 aromatic rings. The number of anilines is 1. The van der Waals surface area contributed by atoms with Crippen LogP contribution in [0.4, 0.5) is 5.82 Å². The van der Waals surface area contributed by atoms with Gasteiger partial charge in [-0.1, -0.05) is 6.42 Å². The van der Waals surface area contributed by atoms with Gasteiger partial charge in [0.25, 0.3) is 0 Å². The molecule has 0 unspecified atom stereocenters. The summed E-state index contributed by atoms with van der Waals surface area (Å²) in [5.74, 6) is 0.220. The number of carboxylic acid groups (broad SMARTS) is 1. The number of rotatable bonds is 6. The van der Waals surface area contributed by atoms with Gasteiger partial charge >= 0.3 is 5.97 Å². The second kappa shape index (κ2) is 7.07. The number of unbranched alkanes of at least 4 members (excludes halogenated alkanes) is 1.